The van der Waals surface area contributed by atoms with Crippen LogP contribution in [0.2, 0.25) is 0 Å². The maximum atomic E-state index is 4.58. The number of anilines is 1. The van der Waals surface area contributed by atoms with Crippen LogP contribution in [0.5, 0.6) is 0 Å². The summed E-state index contributed by atoms with van der Waals surface area (Å²) in [4.78, 5) is 4.58. The summed E-state index contributed by atoms with van der Waals surface area (Å²) in [6.07, 6.45) is 7.64. The summed E-state index contributed by atoms with van der Waals surface area (Å²) in [5.41, 5.74) is 0.871. The van der Waals surface area contributed by atoms with Crippen molar-refractivity contribution in [3.8, 4) is 0 Å². The van der Waals surface area contributed by atoms with Gasteiger partial charge in [0.25, 0.3) is 0 Å². The third-order valence-electron chi connectivity index (χ3n) is 5.11. The van der Waals surface area contributed by atoms with Crippen LogP contribution < -0.4 is 5.32 Å². The van der Waals surface area contributed by atoms with E-state index in [9.17, 15) is 0 Å². The highest BCUT2D eigenvalue weighted by Crippen LogP contribution is 2.49. The van der Waals surface area contributed by atoms with Gasteiger partial charge in [0.1, 0.15) is 0 Å². The Hall–Kier alpha value is -1.10. The number of hydrogen-bond acceptors (Lipinski definition) is 3. The Labute approximate surface area is 127 Å². The Morgan fingerprint density at radius 3 is 3.00 bits per heavy atom. The van der Waals surface area contributed by atoms with Gasteiger partial charge in [0.15, 0.2) is 5.65 Å². The minimum absolute atomic E-state index is 0.460. The molecular formula is C15H19BrN4. The molecule has 2 aromatic rings. The number of fused-ring (bicyclic) bond motifs is 3. The zero-order valence-electron chi connectivity index (χ0n) is 11.6. The molecule has 0 amide bonds. The van der Waals surface area contributed by atoms with Crippen LogP contribution >= 0.6 is 15.9 Å². The zero-order chi connectivity index (χ0) is 13.7. The molecule has 2 bridgehead atoms. The molecule has 1 N–H and O–H groups in total. The van der Waals surface area contributed by atoms with Crippen LogP contribution in [-0.2, 0) is 0 Å². The maximum absolute atomic E-state index is 4.58. The second-order valence-electron chi connectivity index (χ2n) is 6.33. The van der Waals surface area contributed by atoms with E-state index in [-0.39, 0.29) is 0 Å². The first-order valence-corrected chi connectivity index (χ1v) is 8.27. The van der Waals surface area contributed by atoms with Crippen LogP contribution in [-0.4, -0.2) is 20.6 Å². The van der Waals surface area contributed by atoms with Gasteiger partial charge < -0.3 is 5.32 Å². The molecule has 4 rings (SSSR count). The van der Waals surface area contributed by atoms with E-state index in [1.807, 2.05) is 22.8 Å². The van der Waals surface area contributed by atoms with E-state index in [1.165, 1.54) is 25.7 Å². The minimum atomic E-state index is 0.460. The number of aromatic nitrogens is 3. The fraction of sp³-hybridized carbons (Fsp3) is 0.600. The molecule has 4 atom stereocenters. The number of pyridine rings is 1. The third kappa shape index (κ3) is 2.03. The quantitative estimate of drug-likeness (QED) is 0.929. The third-order valence-corrected chi connectivity index (χ3v) is 5.73. The van der Waals surface area contributed by atoms with Gasteiger partial charge in [-0.2, -0.15) is 4.98 Å². The molecule has 2 fully saturated rings. The van der Waals surface area contributed by atoms with Gasteiger partial charge in [-0.3, -0.25) is 0 Å². The van der Waals surface area contributed by atoms with Crippen molar-refractivity contribution in [2.45, 2.75) is 38.6 Å². The standard InChI is InChI=1S/C15H19BrN4/c1-9(12-8-10-4-5-11(12)7-10)17-15-18-14-13(16)3-2-6-20(14)19-15/h2-3,6,9-12H,4-5,7-8H2,1H3,(H,17,19). The predicted molar refractivity (Wildman–Crippen MR) is 82.7 cm³/mol. The molecule has 0 spiro atoms. The number of nitrogens with zero attached hydrogens (tertiary/aromatic N) is 3. The van der Waals surface area contributed by atoms with Crippen molar-refractivity contribution in [2.75, 3.05) is 5.32 Å². The molecule has 2 aliphatic carbocycles. The highest BCUT2D eigenvalue weighted by atomic mass is 79.9. The molecule has 2 heterocycles. The Kier molecular flexibility index (Phi) is 2.98. The van der Waals surface area contributed by atoms with Crippen LogP contribution in [0.3, 0.4) is 0 Å². The molecule has 2 aromatic heterocycles. The Morgan fingerprint density at radius 1 is 1.40 bits per heavy atom. The lowest BCUT2D eigenvalue weighted by Crippen LogP contribution is -2.30. The molecule has 0 saturated heterocycles. The zero-order valence-corrected chi connectivity index (χ0v) is 13.2. The van der Waals surface area contributed by atoms with E-state index < -0.39 is 0 Å². The highest BCUT2D eigenvalue weighted by Gasteiger charge is 2.41. The van der Waals surface area contributed by atoms with Crippen molar-refractivity contribution in [3.63, 3.8) is 0 Å². The van der Waals surface area contributed by atoms with Gasteiger partial charge >= 0.3 is 0 Å². The van der Waals surface area contributed by atoms with Crippen molar-refractivity contribution in [1.29, 1.82) is 0 Å². The summed E-state index contributed by atoms with van der Waals surface area (Å²) in [6.45, 7) is 2.28. The summed E-state index contributed by atoms with van der Waals surface area (Å²) < 4.78 is 2.80. The SMILES string of the molecule is CC(Nc1nc2c(Br)cccn2n1)C1CC2CCC1C2. The summed E-state index contributed by atoms with van der Waals surface area (Å²) in [5.74, 6) is 3.44. The van der Waals surface area contributed by atoms with Crippen molar-refractivity contribution in [2.24, 2.45) is 17.8 Å². The van der Waals surface area contributed by atoms with Crippen LogP contribution in [0.1, 0.15) is 32.6 Å². The van der Waals surface area contributed by atoms with E-state index in [2.05, 4.69) is 38.3 Å². The van der Waals surface area contributed by atoms with Gasteiger partial charge in [0, 0.05) is 12.2 Å². The number of halogens is 1. The molecule has 2 saturated carbocycles. The van der Waals surface area contributed by atoms with Gasteiger partial charge in [-0.05, 0) is 72.0 Å². The minimum Gasteiger partial charge on any atom is -0.350 e. The largest absolute Gasteiger partial charge is 0.350 e. The van der Waals surface area contributed by atoms with Crippen LogP contribution in [0, 0.1) is 17.8 Å². The van der Waals surface area contributed by atoms with Crippen molar-refractivity contribution in [3.05, 3.63) is 22.8 Å². The van der Waals surface area contributed by atoms with Gasteiger partial charge in [-0.1, -0.05) is 6.42 Å². The van der Waals surface area contributed by atoms with Gasteiger partial charge in [0.05, 0.1) is 4.47 Å². The van der Waals surface area contributed by atoms with Gasteiger partial charge in [-0.15, -0.1) is 5.10 Å². The first-order chi connectivity index (χ1) is 9.70. The lowest BCUT2D eigenvalue weighted by atomic mass is 9.84. The molecule has 20 heavy (non-hydrogen) atoms. The summed E-state index contributed by atoms with van der Waals surface area (Å²) in [6, 6.07) is 4.42. The first kappa shape index (κ1) is 12.6. The predicted octanol–water partition coefficient (Wildman–Crippen LogP) is 3.73. The summed E-state index contributed by atoms with van der Waals surface area (Å²) in [5, 5.41) is 8.03. The first-order valence-electron chi connectivity index (χ1n) is 7.48. The number of nitrogens with one attached hydrogen (secondary N) is 1. The molecule has 2 aliphatic rings. The van der Waals surface area contributed by atoms with E-state index in [1.54, 1.807) is 0 Å². The number of rotatable bonds is 3. The van der Waals surface area contributed by atoms with Crippen molar-refractivity contribution in [1.82, 2.24) is 14.6 Å². The fourth-order valence-corrected chi connectivity index (χ4v) is 4.57. The van der Waals surface area contributed by atoms with E-state index >= 15 is 0 Å². The molecule has 0 aliphatic heterocycles. The second kappa shape index (κ2) is 4.72. The van der Waals surface area contributed by atoms with Crippen LogP contribution in [0.4, 0.5) is 5.95 Å². The molecule has 4 nitrogen and oxygen atoms in total. The van der Waals surface area contributed by atoms with E-state index in [4.69, 9.17) is 0 Å². The van der Waals surface area contributed by atoms with Crippen molar-refractivity contribution >= 4 is 27.5 Å². The van der Waals surface area contributed by atoms with Crippen molar-refractivity contribution < 1.29 is 0 Å². The Balaban J connectivity index is 1.54. The molecule has 106 valence electrons. The Morgan fingerprint density at radius 2 is 2.30 bits per heavy atom. The lowest BCUT2D eigenvalue weighted by Gasteiger charge is -2.28. The normalized spacial score (nSPS) is 30.0. The molecule has 0 radical (unpaired) electrons. The van der Waals surface area contributed by atoms with Crippen LogP contribution in [0.25, 0.3) is 5.65 Å². The average molecular weight is 335 g/mol. The molecular weight excluding hydrogens is 316 g/mol. The second-order valence-corrected chi connectivity index (χ2v) is 7.19. The maximum Gasteiger partial charge on any atom is 0.243 e. The average Bonchev–Trinajstić information content (AvgIpc) is 3.12. The fourth-order valence-electron chi connectivity index (χ4n) is 4.15. The monoisotopic (exact) mass is 334 g/mol. The molecule has 0 aromatic carbocycles. The van der Waals surface area contributed by atoms with E-state index in [0.29, 0.717) is 6.04 Å². The van der Waals surface area contributed by atoms with E-state index in [0.717, 1.165) is 33.8 Å². The highest BCUT2D eigenvalue weighted by molar-refractivity contribution is 9.10. The smallest absolute Gasteiger partial charge is 0.243 e. The Bertz CT molecular complexity index is 638. The summed E-state index contributed by atoms with van der Waals surface area (Å²) in [7, 11) is 0. The number of hydrogen-bond donors (Lipinski definition) is 1. The van der Waals surface area contributed by atoms with Gasteiger partial charge in [0.2, 0.25) is 5.95 Å². The molecule has 5 heteroatoms. The lowest BCUT2D eigenvalue weighted by molar-refractivity contribution is 0.303. The topological polar surface area (TPSA) is 42.2 Å². The summed E-state index contributed by atoms with van der Waals surface area (Å²) >= 11 is 3.52. The van der Waals surface area contributed by atoms with Crippen LogP contribution in [0.15, 0.2) is 22.8 Å². The van der Waals surface area contributed by atoms with Gasteiger partial charge in [-0.25, -0.2) is 4.52 Å². The molecule has 4 unspecified atom stereocenters.